The Balaban J connectivity index is 2.29. The van der Waals surface area contributed by atoms with Gasteiger partial charge >= 0.3 is 5.97 Å². The fourth-order valence-electron chi connectivity index (χ4n) is 2.46. The van der Waals surface area contributed by atoms with Gasteiger partial charge in [-0.1, -0.05) is 0 Å². The third kappa shape index (κ3) is 4.89. The number of aliphatic carboxylic acids is 1. The number of carboxylic acid groups (broad SMARTS) is 1. The fraction of sp³-hybridized carbons (Fsp3) is 0.263. The number of carbonyl (C=O) groups excluding carboxylic acids is 1. The molecule has 0 aliphatic carbocycles. The van der Waals surface area contributed by atoms with Crippen molar-refractivity contribution in [1.29, 1.82) is 0 Å². The first-order chi connectivity index (χ1) is 12.5. The van der Waals surface area contributed by atoms with Crippen LogP contribution in [0.2, 0.25) is 0 Å². The number of carboxylic acids is 1. The molecule has 2 aromatic rings. The maximum absolute atomic E-state index is 12.8. The highest BCUT2D eigenvalue weighted by Gasteiger charge is 2.20. The van der Waals surface area contributed by atoms with E-state index in [1.165, 1.54) is 26.2 Å². The molecular formula is C19H21NO6. The van der Waals surface area contributed by atoms with E-state index in [1.807, 2.05) is 0 Å². The number of benzene rings is 2. The van der Waals surface area contributed by atoms with Crippen LogP contribution in [0.25, 0.3) is 0 Å². The summed E-state index contributed by atoms with van der Waals surface area (Å²) in [5.41, 5.74) is 1.08. The van der Waals surface area contributed by atoms with E-state index in [0.29, 0.717) is 28.4 Å². The van der Waals surface area contributed by atoms with Crippen molar-refractivity contribution in [2.45, 2.75) is 6.54 Å². The third-order valence-electron chi connectivity index (χ3n) is 3.73. The maximum Gasteiger partial charge on any atom is 0.323 e. The molecule has 1 amide bonds. The van der Waals surface area contributed by atoms with Crippen molar-refractivity contribution in [3.8, 4) is 17.2 Å². The van der Waals surface area contributed by atoms with Gasteiger partial charge in [0.2, 0.25) is 0 Å². The topological polar surface area (TPSA) is 85.3 Å². The molecule has 0 aromatic heterocycles. The predicted molar refractivity (Wildman–Crippen MR) is 94.9 cm³/mol. The molecule has 7 heteroatoms. The van der Waals surface area contributed by atoms with Gasteiger partial charge in [0, 0.05) is 18.2 Å². The second-order valence-corrected chi connectivity index (χ2v) is 5.50. The number of ether oxygens (including phenoxy) is 3. The molecular weight excluding hydrogens is 338 g/mol. The van der Waals surface area contributed by atoms with Crippen LogP contribution in [0.3, 0.4) is 0 Å². The zero-order valence-electron chi connectivity index (χ0n) is 14.9. The molecule has 0 aliphatic rings. The highest BCUT2D eigenvalue weighted by atomic mass is 16.5. The molecule has 2 rings (SSSR count). The Bertz CT molecular complexity index is 750. The largest absolute Gasteiger partial charge is 0.497 e. The van der Waals surface area contributed by atoms with E-state index in [2.05, 4.69) is 0 Å². The Morgan fingerprint density at radius 3 is 1.88 bits per heavy atom. The van der Waals surface area contributed by atoms with Gasteiger partial charge in [-0.3, -0.25) is 9.59 Å². The van der Waals surface area contributed by atoms with Crippen LogP contribution in [0.5, 0.6) is 17.2 Å². The normalized spacial score (nSPS) is 10.1. The van der Waals surface area contributed by atoms with Gasteiger partial charge in [-0.25, -0.2) is 0 Å². The van der Waals surface area contributed by atoms with Gasteiger partial charge < -0.3 is 24.2 Å². The lowest BCUT2D eigenvalue weighted by molar-refractivity contribution is -0.137. The number of rotatable bonds is 8. The summed E-state index contributed by atoms with van der Waals surface area (Å²) in [5.74, 6) is 0.250. The molecule has 2 aromatic carbocycles. The Kier molecular flexibility index (Phi) is 6.43. The van der Waals surface area contributed by atoms with Gasteiger partial charge in [-0.2, -0.15) is 0 Å². The molecule has 0 atom stereocenters. The van der Waals surface area contributed by atoms with Crippen LogP contribution in [0.1, 0.15) is 15.9 Å². The Morgan fingerprint density at radius 2 is 1.42 bits per heavy atom. The first kappa shape index (κ1) is 19.1. The van der Waals surface area contributed by atoms with Crippen molar-refractivity contribution in [1.82, 2.24) is 4.90 Å². The van der Waals surface area contributed by atoms with Gasteiger partial charge in [0.05, 0.1) is 21.3 Å². The second-order valence-electron chi connectivity index (χ2n) is 5.50. The number of nitrogens with zero attached hydrogens (tertiary/aromatic N) is 1. The van der Waals surface area contributed by atoms with Crippen LogP contribution >= 0.6 is 0 Å². The predicted octanol–water partition coefficient (Wildman–Crippen LogP) is 2.44. The van der Waals surface area contributed by atoms with E-state index in [1.54, 1.807) is 42.5 Å². The number of hydrogen-bond donors (Lipinski definition) is 1. The summed E-state index contributed by atoms with van der Waals surface area (Å²) in [4.78, 5) is 25.2. The zero-order chi connectivity index (χ0) is 19.1. The van der Waals surface area contributed by atoms with Crippen molar-refractivity contribution in [3.05, 3.63) is 53.6 Å². The monoisotopic (exact) mass is 359 g/mol. The summed E-state index contributed by atoms with van der Waals surface area (Å²) in [6, 6.07) is 11.7. The summed E-state index contributed by atoms with van der Waals surface area (Å²) in [6.07, 6.45) is 0. The van der Waals surface area contributed by atoms with Gasteiger partial charge in [-0.15, -0.1) is 0 Å². The molecule has 0 unspecified atom stereocenters. The summed E-state index contributed by atoms with van der Waals surface area (Å²) in [6.45, 7) is -0.324. The van der Waals surface area contributed by atoms with Crippen LogP contribution in [0.15, 0.2) is 42.5 Å². The smallest absolute Gasteiger partial charge is 0.323 e. The van der Waals surface area contributed by atoms with Crippen molar-refractivity contribution < 1.29 is 28.9 Å². The Hall–Kier alpha value is -3.22. The molecule has 26 heavy (non-hydrogen) atoms. The van der Waals surface area contributed by atoms with Crippen molar-refractivity contribution >= 4 is 11.9 Å². The van der Waals surface area contributed by atoms with E-state index >= 15 is 0 Å². The quantitative estimate of drug-likeness (QED) is 0.779. The lowest BCUT2D eigenvalue weighted by Gasteiger charge is -2.21. The summed E-state index contributed by atoms with van der Waals surface area (Å²) in [5, 5.41) is 9.18. The lowest BCUT2D eigenvalue weighted by Crippen LogP contribution is -2.35. The van der Waals surface area contributed by atoms with Crippen LogP contribution in [-0.4, -0.2) is 49.8 Å². The van der Waals surface area contributed by atoms with Crippen molar-refractivity contribution in [3.63, 3.8) is 0 Å². The van der Waals surface area contributed by atoms with Gasteiger partial charge in [0.15, 0.2) is 0 Å². The number of hydrogen-bond acceptors (Lipinski definition) is 5. The van der Waals surface area contributed by atoms with Gasteiger partial charge in [-0.05, 0) is 42.0 Å². The SMILES string of the molecule is COc1ccc(C(=O)N(CC(=O)O)Cc2cc(OC)cc(OC)c2)cc1. The highest BCUT2D eigenvalue weighted by molar-refractivity contribution is 5.95. The molecule has 7 nitrogen and oxygen atoms in total. The Labute approximate surface area is 151 Å². The number of carbonyl (C=O) groups is 2. The minimum Gasteiger partial charge on any atom is -0.497 e. The average molecular weight is 359 g/mol. The van der Waals surface area contributed by atoms with Crippen LogP contribution in [0, 0.1) is 0 Å². The number of methoxy groups -OCH3 is 3. The molecule has 0 radical (unpaired) electrons. The van der Waals surface area contributed by atoms with E-state index in [4.69, 9.17) is 14.2 Å². The number of amides is 1. The Morgan fingerprint density at radius 1 is 0.885 bits per heavy atom. The second kappa shape index (κ2) is 8.75. The van der Waals surface area contributed by atoms with Crippen LogP contribution < -0.4 is 14.2 Å². The third-order valence-corrected chi connectivity index (χ3v) is 3.73. The van der Waals surface area contributed by atoms with Gasteiger partial charge in [0.25, 0.3) is 5.91 Å². The van der Waals surface area contributed by atoms with Crippen LogP contribution in [0.4, 0.5) is 0 Å². The highest BCUT2D eigenvalue weighted by Crippen LogP contribution is 2.24. The standard InChI is InChI=1S/C19H21NO6/c1-24-15-6-4-14(5-7-15)19(23)20(12-18(21)22)11-13-8-16(25-2)10-17(9-13)26-3/h4-10H,11-12H2,1-3H3,(H,21,22). The van der Waals surface area contributed by atoms with Crippen LogP contribution in [-0.2, 0) is 11.3 Å². The van der Waals surface area contributed by atoms with Crippen molar-refractivity contribution in [2.24, 2.45) is 0 Å². The average Bonchev–Trinajstić information content (AvgIpc) is 2.66. The molecule has 0 saturated carbocycles. The summed E-state index contributed by atoms with van der Waals surface area (Å²) >= 11 is 0. The minimum absolute atomic E-state index is 0.102. The van der Waals surface area contributed by atoms with E-state index < -0.39 is 18.4 Å². The van der Waals surface area contributed by atoms with Crippen molar-refractivity contribution in [2.75, 3.05) is 27.9 Å². The fourth-order valence-corrected chi connectivity index (χ4v) is 2.46. The lowest BCUT2D eigenvalue weighted by atomic mass is 10.1. The summed E-state index contributed by atoms with van der Waals surface area (Å²) < 4.78 is 15.5. The molecule has 1 N–H and O–H groups in total. The first-order valence-electron chi connectivity index (χ1n) is 7.84. The van der Waals surface area contributed by atoms with E-state index in [-0.39, 0.29) is 6.54 Å². The molecule has 0 spiro atoms. The van der Waals surface area contributed by atoms with E-state index in [9.17, 15) is 14.7 Å². The molecule has 138 valence electrons. The minimum atomic E-state index is -1.10. The zero-order valence-corrected chi connectivity index (χ0v) is 14.9. The van der Waals surface area contributed by atoms with Gasteiger partial charge in [0.1, 0.15) is 23.8 Å². The first-order valence-corrected chi connectivity index (χ1v) is 7.84. The molecule has 0 saturated heterocycles. The molecule has 0 aliphatic heterocycles. The molecule has 0 heterocycles. The molecule has 0 bridgehead atoms. The maximum atomic E-state index is 12.8. The molecule has 0 fully saturated rings. The van der Waals surface area contributed by atoms with E-state index in [0.717, 1.165) is 0 Å². The summed E-state index contributed by atoms with van der Waals surface area (Å²) in [7, 11) is 4.58.